The highest BCUT2D eigenvalue weighted by Gasteiger charge is 2.35. The number of likely N-dealkylation sites (tertiary alicyclic amines) is 1. The zero-order valence-electron chi connectivity index (χ0n) is 12.0. The fourth-order valence-electron chi connectivity index (χ4n) is 2.68. The second-order valence-electron chi connectivity index (χ2n) is 5.90. The van der Waals surface area contributed by atoms with Crippen LogP contribution in [0.3, 0.4) is 0 Å². The van der Waals surface area contributed by atoms with E-state index in [1.807, 2.05) is 13.8 Å². The Morgan fingerprint density at radius 3 is 2.42 bits per heavy atom. The molecule has 2 rings (SSSR count). The normalized spacial score (nSPS) is 17.5. The second kappa shape index (κ2) is 5.41. The number of aryl methyl sites for hydroxylation is 1. The monoisotopic (exact) mass is 263 g/mol. The van der Waals surface area contributed by atoms with Gasteiger partial charge in [-0.2, -0.15) is 0 Å². The fourth-order valence-corrected chi connectivity index (χ4v) is 2.68. The van der Waals surface area contributed by atoms with E-state index in [1.165, 1.54) is 12.5 Å². The van der Waals surface area contributed by atoms with Crippen molar-refractivity contribution in [2.75, 3.05) is 13.1 Å². The van der Waals surface area contributed by atoms with Crippen LogP contribution in [0.5, 0.6) is 0 Å². The maximum absolute atomic E-state index is 13.6. The highest BCUT2D eigenvalue weighted by atomic mass is 19.1. The van der Waals surface area contributed by atoms with Crippen molar-refractivity contribution < 1.29 is 9.18 Å². The van der Waals surface area contributed by atoms with Crippen LogP contribution in [-0.4, -0.2) is 29.3 Å². The minimum atomic E-state index is -0.553. The second-order valence-corrected chi connectivity index (χ2v) is 5.90. The zero-order chi connectivity index (χ0) is 14.0. The van der Waals surface area contributed by atoms with Crippen LogP contribution < -0.4 is 0 Å². The van der Waals surface area contributed by atoms with Crippen LogP contribution in [0, 0.1) is 12.7 Å². The Kier molecular flexibility index (Phi) is 4.04. The van der Waals surface area contributed by atoms with Crippen molar-refractivity contribution in [1.29, 1.82) is 0 Å². The summed E-state index contributed by atoms with van der Waals surface area (Å²) in [5.74, 6) is -0.298. The molecule has 0 saturated carbocycles. The summed E-state index contributed by atoms with van der Waals surface area (Å²) in [6.07, 6.45) is 3.51. The van der Waals surface area contributed by atoms with Gasteiger partial charge in [0, 0.05) is 5.56 Å². The molecule has 2 nitrogen and oxygen atoms in total. The van der Waals surface area contributed by atoms with Crippen LogP contribution in [0.25, 0.3) is 0 Å². The molecule has 0 aromatic heterocycles. The Morgan fingerprint density at radius 2 is 1.84 bits per heavy atom. The largest absolute Gasteiger partial charge is 0.292 e. The standard InChI is InChI=1S/C16H22FNO/c1-12-7-8-13(11-14(12)17)15(19)16(2,3)18-9-5-4-6-10-18/h7-8,11H,4-6,9-10H2,1-3H3. The summed E-state index contributed by atoms with van der Waals surface area (Å²) < 4.78 is 13.6. The third kappa shape index (κ3) is 2.86. The summed E-state index contributed by atoms with van der Waals surface area (Å²) in [7, 11) is 0. The first kappa shape index (κ1) is 14.2. The topological polar surface area (TPSA) is 20.3 Å². The first-order chi connectivity index (χ1) is 8.93. The Morgan fingerprint density at radius 1 is 1.21 bits per heavy atom. The lowest BCUT2D eigenvalue weighted by atomic mass is 9.89. The first-order valence-corrected chi connectivity index (χ1v) is 6.99. The summed E-state index contributed by atoms with van der Waals surface area (Å²) >= 11 is 0. The van der Waals surface area contributed by atoms with Crippen molar-refractivity contribution in [2.45, 2.75) is 45.6 Å². The predicted octanol–water partition coefficient (Wildman–Crippen LogP) is 3.58. The molecule has 1 saturated heterocycles. The first-order valence-electron chi connectivity index (χ1n) is 6.99. The third-order valence-electron chi connectivity index (χ3n) is 4.14. The van der Waals surface area contributed by atoms with Crippen LogP contribution in [0.2, 0.25) is 0 Å². The highest BCUT2D eigenvalue weighted by Crippen LogP contribution is 2.25. The van der Waals surface area contributed by atoms with Crippen LogP contribution in [0.15, 0.2) is 18.2 Å². The van der Waals surface area contributed by atoms with Crippen LogP contribution in [-0.2, 0) is 0 Å². The highest BCUT2D eigenvalue weighted by molar-refractivity contribution is 6.02. The molecule has 0 N–H and O–H groups in total. The fraction of sp³-hybridized carbons (Fsp3) is 0.562. The minimum absolute atomic E-state index is 0.00769. The van der Waals surface area contributed by atoms with Gasteiger partial charge in [0.25, 0.3) is 0 Å². The average molecular weight is 263 g/mol. The van der Waals surface area contributed by atoms with Gasteiger partial charge in [-0.3, -0.25) is 9.69 Å². The number of nitrogens with zero attached hydrogens (tertiary/aromatic N) is 1. The van der Waals surface area contributed by atoms with Crippen LogP contribution in [0.4, 0.5) is 4.39 Å². The number of halogens is 1. The number of hydrogen-bond donors (Lipinski definition) is 0. The van der Waals surface area contributed by atoms with E-state index in [1.54, 1.807) is 19.1 Å². The average Bonchev–Trinajstić information content (AvgIpc) is 2.42. The van der Waals surface area contributed by atoms with Gasteiger partial charge in [0.1, 0.15) is 5.82 Å². The van der Waals surface area contributed by atoms with Crippen molar-refractivity contribution in [1.82, 2.24) is 4.90 Å². The van der Waals surface area contributed by atoms with E-state index < -0.39 is 5.54 Å². The summed E-state index contributed by atoms with van der Waals surface area (Å²) in [4.78, 5) is 14.8. The molecule has 104 valence electrons. The summed E-state index contributed by atoms with van der Waals surface area (Å²) in [6, 6.07) is 4.77. The molecule has 1 aromatic rings. The molecule has 0 unspecified atom stereocenters. The summed E-state index contributed by atoms with van der Waals surface area (Å²) in [6.45, 7) is 7.50. The van der Waals surface area contributed by atoms with Gasteiger partial charge < -0.3 is 0 Å². The Hall–Kier alpha value is -1.22. The molecule has 0 spiro atoms. The van der Waals surface area contributed by atoms with Gasteiger partial charge in [0.2, 0.25) is 0 Å². The SMILES string of the molecule is Cc1ccc(C(=O)C(C)(C)N2CCCCC2)cc1F. The van der Waals surface area contributed by atoms with Crippen LogP contribution >= 0.6 is 0 Å². The van der Waals surface area contributed by atoms with Gasteiger partial charge in [-0.25, -0.2) is 4.39 Å². The van der Waals surface area contributed by atoms with E-state index in [0.717, 1.165) is 25.9 Å². The third-order valence-corrected chi connectivity index (χ3v) is 4.14. The van der Waals surface area contributed by atoms with E-state index in [9.17, 15) is 9.18 Å². The summed E-state index contributed by atoms with van der Waals surface area (Å²) in [5.41, 5.74) is 0.494. The van der Waals surface area contributed by atoms with Crippen LogP contribution in [0.1, 0.15) is 49.0 Å². The van der Waals surface area contributed by atoms with Gasteiger partial charge in [-0.15, -0.1) is 0 Å². The molecular formula is C16H22FNO. The number of piperidine rings is 1. The smallest absolute Gasteiger partial charge is 0.182 e. The van der Waals surface area contributed by atoms with E-state index in [4.69, 9.17) is 0 Å². The molecule has 0 bridgehead atoms. The number of carbonyl (C=O) groups excluding carboxylic acids is 1. The van der Waals surface area contributed by atoms with Gasteiger partial charge in [0.15, 0.2) is 5.78 Å². The predicted molar refractivity (Wildman–Crippen MR) is 75.0 cm³/mol. The molecule has 1 heterocycles. The molecule has 1 aromatic carbocycles. The van der Waals surface area contributed by atoms with Crippen molar-refractivity contribution in [2.24, 2.45) is 0 Å². The molecule has 1 aliphatic rings. The van der Waals surface area contributed by atoms with Gasteiger partial charge >= 0.3 is 0 Å². The van der Waals surface area contributed by atoms with Gasteiger partial charge in [0.05, 0.1) is 5.54 Å². The van der Waals surface area contributed by atoms with E-state index in [0.29, 0.717) is 11.1 Å². The molecule has 3 heteroatoms. The summed E-state index contributed by atoms with van der Waals surface area (Å²) in [5, 5.41) is 0. The van der Waals surface area contributed by atoms with Crippen molar-refractivity contribution in [3.05, 3.63) is 35.1 Å². The van der Waals surface area contributed by atoms with E-state index >= 15 is 0 Å². The minimum Gasteiger partial charge on any atom is -0.292 e. The van der Waals surface area contributed by atoms with E-state index in [2.05, 4.69) is 4.90 Å². The van der Waals surface area contributed by atoms with Crippen molar-refractivity contribution in [3.63, 3.8) is 0 Å². The number of hydrogen-bond acceptors (Lipinski definition) is 2. The lowest BCUT2D eigenvalue weighted by Gasteiger charge is -2.39. The number of Topliss-reactive ketones (excluding diaryl/α,β-unsaturated/α-hetero) is 1. The van der Waals surface area contributed by atoms with Crippen molar-refractivity contribution >= 4 is 5.78 Å². The van der Waals surface area contributed by atoms with Crippen molar-refractivity contribution in [3.8, 4) is 0 Å². The lowest BCUT2D eigenvalue weighted by Crippen LogP contribution is -2.52. The number of carbonyl (C=O) groups is 1. The Balaban J connectivity index is 2.23. The zero-order valence-corrected chi connectivity index (χ0v) is 12.0. The van der Waals surface area contributed by atoms with Gasteiger partial charge in [-0.1, -0.05) is 18.6 Å². The maximum Gasteiger partial charge on any atom is 0.182 e. The number of benzene rings is 1. The number of rotatable bonds is 3. The number of ketones is 1. The molecule has 1 aliphatic heterocycles. The van der Waals surface area contributed by atoms with Gasteiger partial charge in [-0.05, 0) is 58.3 Å². The Bertz CT molecular complexity index is 476. The molecule has 0 atom stereocenters. The molecular weight excluding hydrogens is 241 g/mol. The Labute approximate surface area is 114 Å². The molecule has 0 amide bonds. The lowest BCUT2D eigenvalue weighted by molar-refractivity contribution is 0.0579. The molecule has 0 radical (unpaired) electrons. The molecule has 0 aliphatic carbocycles. The molecule has 19 heavy (non-hydrogen) atoms. The maximum atomic E-state index is 13.6. The quantitative estimate of drug-likeness (QED) is 0.777. The molecule has 1 fully saturated rings. The van der Waals surface area contributed by atoms with E-state index in [-0.39, 0.29) is 11.6 Å².